The summed E-state index contributed by atoms with van der Waals surface area (Å²) in [5, 5.41) is 13.6. The Morgan fingerprint density at radius 1 is 1.61 bits per heavy atom. The Hall–Kier alpha value is -1.43. The number of hydrogen-bond acceptors (Lipinski definition) is 4. The van der Waals surface area contributed by atoms with Gasteiger partial charge in [-0.05, 0) is 19.3 Å². The molecule has 0 radical (unpaired) electrons. The first-order valence-electron chi connectivity index (χ1n) is 6.25. The molecule has 0 saturated heterocycles. The molecule has 0 aliphatic heterocycles. The van der Waals surface area contributed by atoms with Gasteiger partial charge in [-0.3, -0.25) is 9.48 Å². The van der Waals surface area contributed by atoms with Crippen LogP contribution in [0.2, 0.25) is 0 Å². The topological polar surface area (TPSA) is 94.0 Å². The molecule has 0 spiro atoms. The minimum Gasteiger partial charge on any atom is -0.481 e. The van der Waals surface area contributed by atoms with E-state index in [0.717, 1.165) is 0 Å². The SMILES string of the molecule is CCn1ncnc1CC(CN)(CC(C)C)C(=O)O. The third-order valence-electron chi connectivity index (χ3n) is 3.14. The highest BCUT2D eigenvalue weighted by atomic mass is 16.4. The first kappa shape index (κ1) is 14.6. The number of rotatable bonds is 7. The molecule has 102 valence electrons. The maximum absolute atomic E-state index is 11.6. The first-order chi connectivity index (χ1) is 8.45. The number of aryl methyl sites for hydroxylation is 1. The van der Waals surface area contributed by atoms with E-state index in [1.54, 1.807) is 4.68 Å². The third kappa shape index (κ3) is 3.07. The van der Waals surface area contributed by atoms with Crippen LogP contribution < -0.4 is 5.73 Å². The minimum atomic E-state index is -0.950. The van der Waals surface area contributed by atoms with Crippen LogP contribution >= 0.6 is 0 Å². The highest BCUT2D eigenvalue weighted by Gasteiger charge is 2.39. The molecule has 18 heavy (non-hydrogen) atoms. The molecule has 0 bridgehead atoms. The molecule has 0 aromatic carbocycles. The van der Waals surface area contributed by atoms with Gasteiger partial charge in [-0.15, -0.1) is 0 Å². The van der Waals surface area contributed by atoms with Crippen molar-refractivity contribution in [3.63, 3.8) is 0 Å². The quantitative estimate of drug-likeness (QED) is 0.754. The van der Waals surface area contributed by atoms with Gasteiger partial charge in [-0.25, -0.2) is 4.98 Å². The Morgan fingerprint density at radius 2 is 2.28 bits per heavy atom. The van der Waals surface area contributed by atoms with E-state index < -0.39 is 11.4 Å². The van der Waals surface area contributed by atoms with Gasteiger partial charge >= 0.3 is 5.97 Å². The van der Waals surface area contributed by atoms with Crippen LogP contribution in [-0.2, 0) is 17.8 Å². The van der Waals surface area contributed by atoms with Crippen molar-refractivity contribution in [2.45, 2.75) is 40.2 Å². The second-order valence-electron chi connectivity index (χ2n) is 5.06. The lowest BCUT2D eigenvalue weighted by molar-refractivity contribution is -0.149. The molecule has 6 heteroatoms. The van der Waals surface area contributed by atoms with Gasteiger partial charge in [0.1, 0.15) is 12.2 Å². The Balaban J connectivity index is 3.01. The van der Waals surface area contributed by atoms with Crippen molar-refractivity contribution in [2.24, 2.45) is 17.1 Å². The van der Waals surface area contributed by atoms with Crippen molar-refractivity contribution >= 4 is 5.97 Å². The van der Waals surface area contributed by atoms with E-state index in [4.69, 9.17) is 5.73 Å². The predicted octanol–water partition coefficient (Wildman–Crippen LogP) is 0.916. The molecule has 0 amide bonds. The van der Waals surface area contributed by atoms with Gasteiger partial charge in [0.15, 0.2) is 0 Å². The highest BCUT2D eigenvalue weighted by molar-refractivity contribution is 5.75. The summed E-state index contributed by atoms with van der Waals surface area (Å²) in [4.78, 5) is 15.7. The molecule has 1 aromatic rings. The van der Waals surface area contributed by atoms with Crippen molar-refractivity contribution in [1.82, 2.24) is 14.8 Å². The largest absolute Gasteiger partial charge is 0.481 e. The van der Waals surface area contributed by atoms with Crippen LogP contribution in [0.1, 0.15) is 33.0 Å². The van der Waals surface area contributed by atoms with Gasteiger partial charge < -0.3 is 10.8 Å². The summed E-state index contributed by atoms with van der Waals surface area (Å²) >= 11 is 0. The molecule has 6 nitrogen and oxygen atoms in total. The summed E-state index contributed by atoms with van der Waals surface area (Å²) in [6.07, 6.45) is 2.32. The van der Waals surface area contributed by atoms with Gasteiger partial charge in [0, 0.05) is 19.5 Å². The van der Waals surface area contributed by atoms with Crippen molar-refractivity contribution in [2.75, 3.05) is 6.54 Å². The number of aromatic nitrogens is 3. The maximum atomic E-state index is 11.6. The third-order valence-corrected chi connectivity index (χ3v) is 3.14. The molecule has 0 aliphatic rings. The molecule has 0 fully saturated rings. The molecular formula is C12H22N4O2. The minimum absolute atomic E-state index is 0.108. The first-order valence-corrected chi connectivity index (χ1v) is 6.25. The van der Waals surface area contributed by atoms with Crippen LogP contribution in [0, 0.1) is 11.3 Å². The number of carboxylic acids is 1. The second kappa shape index (κ2) is 5.95. The van der Waals surface area contributed by atoms with Gasteiger partial charge in [0.05, 0.1) is 5.41 Å². The van der Waals surface area contributed by atoms with E-state index in [-0.39, 0.29) is 12.5 Å². The zero-order valence-electron chi connectivity index (χ0n) is 11.3. The van der Waals surface area contributed by atoms with Crippen molar-refractivity contribution < 1.29 is 9.90 Å². The van der Waals surface area contributed by atoms with E-state index in [1.165, 1.54) is 6.33 Å². The highest BCUT2D eigenvalue weighted by Crippen LogP contribution is 2.29. The fourth-order valence-electron chi connectivity index (χ4n) is 2.25. The lowest BCUT2D eigenvalue weighted by Gasteiger charge is -2.29. The van der Waals surface area contributed by atoms with Crippen molar-refractivity contribution in [3.05, 3.63) is 12.2 Å². The molecular weight excluding hydrogens is 232 g/mol. The number of carboxylic acid groups (broad SMARTS) is 1. The lowest BCUT2D eigenvalue weighted by atomic mass is 9.77. The molecule has 0 saturated carbocycles. The predicted molar refractivity (Wildman–Crippen MR) is 68.0 cm³/mol. The molecule has 3 N–H and O–H groups in total. The van der Waals surface area contributed by atoms with Gasteiger partial charge in [0.25, 0.3) is 0 Å². The van der Waals surface area contributed by atoms with Crippen molar-refractivity contribution in [1.29, 1.82) is 0 Å². The van der Waals surface area contributed by atoms with Crippen LogP contribution in [0.3, 0.4) is 0 Å². The molecule has 1 unspecified atom stereocenters. The van der Waals surface area contributed by atoms with Gasteiger partial charge in [0.2, 0.25) is 0 Å². The van der Waals surface area contributed by atoms with E-state index in [0.29, 0.717) is 25.2 Å². The average Bonchev–Trinajstić information content (AvgIpc) is 2.74. The lowest BCUT2D eigenvalue weighted by Crippen LogP contribution is -2.42. The Labute approximate surface area is 107 Å². The van der Waals surface area contributed by atoms with E-state index in [2.05, 4.69) is 10.1 Å². The zero-order valence-corrected chi connectivity index (χ0v) is 11.3. The molecule has 1 heterocycles. The van der Waals surface area contributed by atoms with Crippen LogP contribution in [0.5, 0.6) is 0 Å². The average molecular weight is 254 g/mol. The molecule has 0 aliphatic carbocycles. The Kier molecular flexibility index (Phi) is 4.84. The van der Waals surface area contributed by atoms with Crippen LogP contribution in [0.25, 0.3) is 0 Å². The Morgan fingerprint density at radius 3 is 2.72 bits per heavy atom. The fourth-order valence-corrected chi connectivity index (χ4v) is 2.25. The zero-order chi connectivity index (χ0) is 13.8. The summed E-state index contributed by atoms with van der Waals surface area (Å²) in [6.45, 7) is 6.73. The van der Waals surface area contributed by atoms with Crippen LogP contribution in [0.15, 0.2) is 6.33 Å². The number of hydrogen-bond donors (Lipinski definition) is 2. The number of aliphatic carboxylic acids is 1. The second-order valence-corrected chi connectivity index (χ2v) is 5.06. The standard InChI is InChI=1S/C12H22N4O2/c1-4-16-10(14-8-15-16)6-12(7-13,11(17)18)5-9(2)3/h8-9H,4-7,13H2,1-3H3,(H,17,18). The summed E-state index contributed by atoms with van der Waals surface area (Å²) in [6, 6.07) is 0. The summed E-state index contributed by atoms with van der Waals surface area (Å²) in [5.41, 5.74) is 4.78. The fraction of sp³-hybridized carbons (Fsp3) is 0.750. The maximum Gasteiger partial charge on any atom is 0.311 e. The Bertz CT molecular complexity index is 403. The van der Waals surface area contributed by atoms with Crippen molar-refractivity contribution in [3.8, 4) is 0 Å². The van der Waals surface area contributed by atoms with Gasteiger partial charge in [-0.2, -0.15) is 5.10 Å². The molecule has 1 atom stereocenters. The molecule has 1 rings (SSSR count). The normalized spacial score (nSPS) is 14.7. The molecule has 1 aromatic heterocycles. The van der Waals surface area contributed by atoms with Crippen LogP contribution in [0.4, 0.5) is 0 Å². The summed E-state index contributed by atoms with van der Waals surface area (Å²) in [7, 11) is 0. The number of carbonyl (C=O) groups is 1. The van der Waals surface area contributed by atoms with E-state index in [9.17, 15) is 9.90 Å². The van der Waals surface area contributed by atoms with Crippen LogP contribution in [-0.4, -0.2) is 32.4 Å². The number of nitrogens with two attached hydrogens (primary N) is 1. The monoisotopic (exact) mass is 254 g/mol. The summed E-state index contributed by atoms with van der Waals surface area (Å²) < 4.78 is 1.72. The van der Waals surface area contributed by atoms with Gasteiger partial charge in [-0.1, -0.05) is 13.8 Å². The number of nitrogens with zero attached hydrogens (tertiary/aromatic N) is 3. The smallest absolute Gasteiger partial charge is 0.311 e. The summed E-state index contributed by atoms with van der Waals surface area (Å²) in [5.74, 6) is 0.0954. The van der Waals surface area contributed by atoms with E-state index >= 15 is 0 Å². The van der Waals surface area contributed by atoms with E-state index in [1.807, 2.05) is 20.8 Å².